The van der Waals surface area contributed by atoms with Crippen molar-refractivity contribution >= 4 is 10.0 Å². The quantitative estimate of drug-likeness (QED) is 0.882. The molecule has 2 fully saturated rings. The molecule has 7 heteroatoms. The average molecular weight is 346 g/mol. The van der Waals surface area contributed by atoms with Gasteiger partial charge in [-0.2, -0.15) is 5.10 Å². The Morgan fingerprint density at radius 2 is 1.88 bits per heavy atom. The topological polar surface area (TPSA) is 67.2 Å². The molecule has 0 spiro atoms. The number of likely N-dealkylation sites (tertiary alicyclic amines) is 1. The molecule has 24 heavy (non-hydrogen) atoms. The molecule has 0 radical (unpaired) electrons. The van der Waals surface area contributed by atoms with Crippen molar-refractivity contribution in [2.75, 3.05) is 13.1 Å². The number of nitrogens with one attached hydrogen (secondary N) is 1. The van der Waals surface area contributed by atoms with E-state index in [1.807, 2.05) is 6.07 Å². The van der Waals surface area contributed by atoms with E-state index >= 15 is 0 Å². The number of hydrogen-bond acceptors (Lipinski definition) is 4. The summed E-state index contributed by atoms with van der Waals surface area (Å²) in [6.45, 7) is 4.63. The Balaban J connectivity index is 1.36. The number of hydrogen-bond donors (Lipinski definition) is 1. The highest BCUT2D eigenvalue weighted by atomic mass is 32.2. The Labute approximate surface area is 142 Å². The summed E-state index contributed by atoms with van der Waals surface area (Å²) in [4.78, 5) is 2.70. The summed E-state index contributed by atoms with van der Waals surface area (Å²) < 4.78 is 29.6. The van der Waals surface area contributed by atoms with Crippen molar-refractivity contribution in [3.05, 3.63) is 47.8 Å². The second-order valence-corrected chi connectivity index (χ2v) is 8.55. The van der Waals surface area contributed by atoms with Gasteiger partial charge in [-0.25, -0.2) is 13.1 Å². The maximum absolute atomic E-state index is 12.5. The highest BCUT2D eigenvalue weighted by molar-refractivity contribution is 7.89. The minimum atomic E-state index is -3.48. The molecule has 2 heterocycles. The second-order valence-electron chi connectivity index (χ2n) is 6.87. The van der Waals surface area contributed by atoms with Gasteiger partial charge in [-0.3, -0.25) is 9.58 Å². The molecule has 0 bridgehead atoms. The van der Waals surface area contributed by atoms with Crippen LogP contribution in [-0.2, 0) is 23.6 Å². The number of aryl methyl sites for hydroxylation is 1. The van der Waals surface area contributed by atoms with Gasteiger partial charge in [-0.05, 0) is 24.3 Å². The highest BCUT2D eigenvalue weighted by Crippen LogP contribution is 2.46. The van der Waals surface area contributed by atoms with E-state index in [2.05, 4.69) is 39.0 Å². The van der Waals surface area contributed by atoms with Crippen LogP contribution in [0.2, 0.25) is 0 Å². The lowest BCUT2D eigenvalue weighted by Crippen LogP contribution is -2.34. The van der Waals surface area contributed by atoms with Crippen molar-refractivity contribution in [2.24, 2.45) is 18.9 Å². The van der Waals surface area contributed by atoms with Gasteiger partial charge in [0.25, 0.3) is 0 Å². The zero-order valence-corrected chi connectivity index (χ0v) is 14.7. The molecule has 1 saturated heterocycles. The molecule has 0 amide bonds. The van der Waals surface area contributed by atoms with E-state index in [-0.39, 0.29) is 10.9 Å². The highest BCUT2D eigenvalue weighted by Gasteiger charge is 2.57. The van der Waals surface area contributed by atoms with Crippen LogP contribution in [0.5, 0.6) is 0 Å². The van der Waals surface area contributed by atoms with Gasteiger partial charge < -0.3 is 0 Å². The van der Waals surface area contributed by atoms with Gasteiger partial charge in [0.2, 0.25) is 10.0 Å². The van der Waals surface area contributed by atoms with Crippen LogP contribution in [0.15, 0.2) is 41.4 Å². The molecule has 2 aromatic rings. The Kier molecular flexibility index (Phi) is 3.74. The zero-order chi connectivity index (χ0) is 16.9. The molecule has 1 saturated carbocycles. The number of fused-ring (bicyclic) bond motifs is 1. The summed E-state index contributed by atoms with van der Waals surface area (Å²) in [5, 5.41) is 4.03. The van der Waals surface area contributed by atoms with Crippen LogP contribution in [0.3, 0.4) is 0 Å². The number of rotatable bonds is 5. The summed E-state index contributed by atoms with van der Waals surface area (Å²) in [5.41, 5.74) is 1.97. The molecule has 1 aliphatic heterocycles. The molecule has 128 valence electrons. The first-order valence-electron chi connectivity index (χ1n) is 8.23. The van der Waals surface area contributed by atoms with Gasteiger partial charge in [0.05, 0.1) is 11.9 Å². The predicted octanol–water partition coefficient (Wildman–Crippen LogP) is 1.14. The summed E-state index contributed by atoms with van der Waals surface area (Å²) in [7, 11) is -1.73. The van der Waals surface area contributed by atoms with Gasteiger partial charge in [-0.15, -0.1) is 0 Å². The molecule has 1 N–H and O–H groups in total. The predicted molar refractivity (Wildman–Crippen MR) is 90.8 cm³/mol. The first-order valence-corrected chi connectivity index (χ1v) is 9.71. The zero-order valence-electron chi connectivity index (χ0n) is 13.9. The SMILES string of the molecule is Cc1c(S(=O)(=O)NC2C3CN(Cc4ccccc4)CC32)cnn1C. The fraction of sp³-hybridized carbons (Fsp3) is 0.471. The molecule has 2 unspecified atom stereocenters. The van der Waals surface area contributed by atoms with Crippen LogP contribution in [0.1, 0.15) is 11.3 Å². The average Bonchev–Trinajstić information content (AvgIpc) is 2.88. The normalized spacial score (nSPS) is 26.5. The molecule has 1 aromatic heterocycles. The third kappa shape index (κ3) is 2.76. The Hall–Kier alpha value is -1.70. The number of nitrogens with zero attached hydrogens (tertiary/aromatic N) is 3. The van der Waals surface area contributed by atoms with Crippen molar-refractivity contribution in [3.63, 3.8) is 0 Å². The fourth-order valence-corrected chi connectivity index (χ4v) is 5.29. The Morgan fingerprint density at radius 3 is 2.46 bits per heavy atom. The summed E-state index contributed by atoms with van der Waals surface area (Å²) in [6, 6.07) is 10.5. The van der Waals surface area contributed by atoms with Gasteiger partial charge in [0.1, 0.15) is 4.90 Å². The van der Waals surface area contributed by atoms with Crippen molar-refractivity contribution in [1.82, 2.24) is 19.4 Å². The third-order valence-electron chi connectivity index (χ3n) is 5.29. The lowest BCUT2D eigenvalue weighted by Gasteiger charge is -2.19. The number of aromatic nitrogens is 2. The summed E-state index contributed by atoms with van der Waals surface area (Å²) in [5.74, 6) is 0.862. The van der Waals surface area contributed by atoms with E-state index < -0.39 is 10.0 Å². The second kappa shape index (κ2) is 5.68. The standard InChI is InChI=1S/C17H22N4O2S/c1-12-16(8-18-20(12)2)24(22,23)19-17-14-10-21(11-15(14)17)9-13-6-4-3-5-7-13/h3-8,14-15,17,19H,9-11H2,1-2H3. The van der Waals surface area contributed by atoms with E-state index in [0.717, 1.165) is 19.6 Å². The van der Waals surface area contributed by atoms with Crippen molar-refractivity contribution in [1.29, 1.82) is 0 Å². The fourth-order valence-electron chi connectivity index (χ4n) is 3.74. The minimum absolute atomic E-state index is 0.0710. The molecular formula is C17H22N4O2S. The van der Waals surface area contributed by atoms with E-state index in [9.17, 15) is 8.42 Å². The van der Waals surface area contributed by atoms with Crippen LogP contribution >= 0.6 is 0 Å². The van der Waals surface area contributed by atoms with E-state index in [4.69, 9.17) is 0 Å². The maximum atomic E-state index is 12.5. The largest absolute Gasteiger partial charge is 0.298 e. The lowest BCUT2D eigenvalue weighted by molar-refractivity contribution is 0.287. The van der Waals surface area contributed by atoms with Crippen molar-refractivity contribution < 1.29 is 8.42 Å². The molecule has 6 nitrogen and oxygen atoms in total. The number of sulfonamides is 1. The molecule has 2 aliphatic rings. The molecular weight excluding hydrogens is 324 g/mol. The van der Waals surface area contributed by atoms with Crippen LogP contribution in [-0.4, -0.2) is 42.2 Å². The first-order chi connectivity index (χ1) is 11.5. The molecule has 2 atom stereocenters. The summed E-state index contributed by atoms with van der Waals surface area (Å²) >= 11 is 0. The van der Waals surface area contributed by atoms with Crippen LogP contribution in [0, 0.1) is 18.8 Å². The van der Waals surface area contributed by atoms with Crippen LogP contribution in [0.4, 0.5) is 0 Å². The van der Waals surface area contributed by atoms with Crippen molar-refractivity contribution in [2.45, 2.75) is 24.4 Å². The number of benzene rings is 1. The smallest absolute Gasteiger partial charge is 0.244 e. The number of piperidine rings is 1. The van der Waals surface area contributed by atoms with Crippen LogP contribution in [0.25, 0.3) is 0 Å². The minimum Gasteiger partial charge on any atom is -0.298 e. The molecule has 1 aromatic carbocycles. The van der Waals surface area contributed by atoms with Crippen molar-refractivity contribution in [3.8, 4) is 0 Å². The van der Waals surface area contributed by atoms with Gasteiger partial charge in [-0.1, -0.05) is 30.3 Å². The Bertz CT molecular complexity index is 835. The van der Waals surface area contributed by atoms with Gasteiger partial charge >= 0.3 is 0 Å². The first kappa shape index (κ1) is 15.8. The van der Waals surface area contributed by atoms with E-state index in [1.165, 1.54) is 11.8 Å². The molecule has 1 aliphatic carbocycles. The van der Waals surface area contributed by atoms with Crippen LogP contribution < -0.4 is 4.72 Å². The van der Waals surface area contributed by atoms with E-state index in [0.29, 0.717) is 17.5 Å². The maximum Gasteiger partial charge on any atom is 0.244 e. The lowest BCUT2D eigenvalue weighted by atomic mass is 10.2. The van der Waals surface area contributed by atoms with Gasteiger partial charge in [0, 0.05) is 32.7 Å². The molecule has 4 rings (SSSR count). The van der Waals surface area contributed by atoms with Gasteiger partial charge in [0.15, 0.2) is 0 Å². The monoisotopic (exact) mass is 346 g/mol. The summed E-state index contributed by atoms with van der Waals surface area (Å²) in [6.07, 6.45) is 1.43. The Morgan fingerprint density at radius 1 is 1.21 bits per heavy atom. The third-order valence-corrected chi connectivity index (χ3v) is 6.85. The van der Waals surface area contributed by atoms with E-state index in [1.54, 1.807) is 18.7 Å².